The Morgan fingerprint density at radius 3 is 2.52 bits per heavy atom. The molecule has 2 heterocycles. The van der Waals surface area contributed by atoms with E-state index in [1.54, 1.807) is 30.6 Å². The zero-order valence-electron chi connectivity index (χ0n) is 15.7. The van der Waals surface area contributed by atoms with Gasteiger partial charge in [0.2, 0.25) is 0 Å². The molecular formula is C22H20ClFN4O. The van der Waals surface area contributed by atoms with Gasteiger partial charge in [0.05, 0.1) is 0 Å². The van der Waals surface area contributed by atoms with Gasteiger partial charge in [-0.05, 0) is 42.7 Å². The average Bonchev–Trinajstić information content (AvgIpc) is 3.28. The molecule has 148 valence electrons. The van der Waals surface area contributed by atoms with Crippen LogP contribution in [0.3, 0.4) is 0 Å². The minimum absolute atomic E-state index is 0.225. The SMILES string of the molecule is O=C(NCc1ccc(F)cc1Cl)c1ccc(-c2nccnc2N2CCCC2)cc1. The highest BCUT2D eigenvalue weighted by Gasteiger charge is 2.19. The molecule has 4 rings (SSSR count). The number of rotatable bonds is 5. The van der Waals surface area contributed by atoms with Gasteiger partial charge < -0.3 is 10.2 Å². The average molecular weight is 411 g/mol. The van der Waals surface area contributed by atoms with E-state index in [1.807, 2.05) is 12.1 Å². The zero-order valence-corrected chi connectivity index (χ0v) is 16.5. The third-order valence-corrected chi connectivity index (χ3v) is 5.31. The highest BCUT2D eigenvalue weighted by atomic mass is 35.5. The summed E-state index contributed by atoms with van der Waals surface area (Å²) in [5, 5.41) is 3.10. The standard InChI is InChI=1S/C22H20ClFN4O/c23-19-13-18(24)8-7-17(19)14-27-22(29)16-5-3-15(4-6-16)20-21(26-10-9-25-20)28-11-1-2-12-28/h3-10,13H,1-2,11-12,14H2,(H,27,29). The van der Waals surface area contributed by atoms with E-state index in [-0.39, 0.29) is 17.5 Å². The van der Waals surface area contributed by atoms with Crippen molar-refractivity contribution in [2.24, 2.45) is 0 Å². The van der Waals surface area contributed by atoms with Gasteiger partial charge in [-0.25, -0.2) is 9.37 Å². The minimum Gasteiger partial charge on any atom is -0.355 e. The topological polar surface area (TPSA) is 58.1 Å². The van der Waals surface area contributed by atoms with Crippen LogP contribution in [0.2, 0.25) is 5.02 Å². The van der Waals surface area contributed by atoms with Gasteiger partial charge in [0.1, 0.15) is 11.5 Å². The van der Waals surface area contributed by atoms with Crippen molar-refractivity contribution in [3.05, 3.63) is 76.8 Å². The summed E-state index contributed by atoms with van der Waals surface area (Å²) >= 11 is 6.01. The van der Waals surface area contributed by atoms with Crippen molar-refractivity contribution in [1.82, 2.24) is 15.3 Å². The van der Waals surface area contributed by atoms with E-state index in [2.05, 4.69) is 20.2 Å². The van der Waals surface area contributed by atoms with Gasteiger partial charge in [0.25, 0.3) is 5.91 Å². The van der Waals surface area contributed by atoms with Crippen LogP contribution in [-0.2, 0) is 6.54 Å². The van der Waals surface area contributed by atoms with Crippen molar-refractivity contribution in [3.8, 4) is 11.3 Å². The first kappa shape index (κ1) is 19.3. The van der Waals surface area contributed by atoms with Gasteiger partial charge in [0, 0.05) is 48.2 Å². The lowest BCUT2D eigenvalue weighted by Gasteiger charge is -2.19. The van der Waals surface area contributed by atoms with Crippen LogP contribution in [0.25, 0.3) is 11.3 Å². The summed E-state index contributed by atoms with van der Waals surface area (Å²) in [5.41, 5.74) is 2.92. The highest BCUT2D eigenvalue weighted by molar-refractivity contribution is 6.31. The Kier molecular flexibility index (Phi) is 5.71. The van der Waals surface area contributed by atoms with Crippen LogP contribution < -0.4 is 10.2 Å². The summed E-state index contributed by atoms with van der Waals surface area (Å²) in [6.07, 6.45) is 5.71. The van der Waals surface area contributed by atoms with Crippen molar-refractivity contribution >= 4 is 23.3 Å². The normalized spacial score (nSPS) is 13.5. The number of hydrogen-bond acceptors (Lipinski definition) is 4. The third kappa shape index (κ3) is 4.38. The van der Waals surface area contributed by atoms with E-state index in [4.69, 9.17) is 11.6 Å². The summed E-state index contributed by atoms with van der Waals surface area (Å²) in [7, 11) is 0. The van der Waals surface area contributed by atoms with Gasteiger partial charge in [-0.3, -0.25) is 9.78 Å². The molecule has 29 heavy (non-hydrogen) atoms. The maximum absolute atomic E-state index is 13.1. The predicted octanol–water partition coefficient (Wildman–Crippen LogP) is 4.47. The molecule has 1 aromatic heterocycles. The molecule has 1 saturated heterocycles. The largest absolute Gasteiger partial charge is 0.355 e. The molecule has 0 radical (unpaired) electrons. The molecule has 1 amide bonds. The molecule has 0 unspecified atom stereocenters. The number of hydrogen-bond donors (Lipinski definition) is 1. The minimum atomic E-state index is -0.405. The van der Waals surface area contributed by atoms with Crippen LogP contribution in [0.4, 0.5) is 10.2 Å². The number of carbonyl (C=O) groups is 1. The molecule has 1 fully saturated rings. The van der Waals surface area contributed by atoms with Crippen LogP contribution in [0, 0.1) is 5.82 Å². The Bertz CT molecular complexity index is 1020. The second-order valence-electron chi connectivity index (χ2n) is 6.92. The molecule has 2 aromatic carbocycles. The first-order valence-electron chi connectivity index (χ1n) is 9.50. The molecule has 0 aliphatic carbocycles. The van der Waals surface area contributed by atoms with Crippen LogP contribution in [0.15, 0.2) is 54.9 Å². The van der Waals surface area contributed by atoms with Gasteiger partial charge in [0.15, 0.2) is 5.82 Å². The highest BCUT2D eigenvalue weighted by Crippen LogP contribution is 2.29. The van der Waals surface area contributed by atoms with Gasteiger partial charge in [-0.15, -0.1) is 0 Å². The van der Waals surface area contributed by atoms with Gasteiger partial charge in [-0.1, -0.05) is 29.8 Å². The molecule has 1 aliphatic heterocycles. The molecular weight excluding hydrogens is 391 g/mol. The maximum Gasteiger partial charge on any atom is 0.251 e. The van der Waals surface area contributed by atoms with E-state index >= 15 is 0 Å². The molecule has 1 N–H and O–H groups in total. The number of nitrogens with one attached hydrogen (secondary N) is 1. The summed E-state index contributed by atoms with van der Waals surface area (Å²) < 4.78 is 13.1. The third-order valence-electron chi connectivity index (χ3n) is 4.96. The predicted molar refractivity (Wildman–Crippen MR) is 111 cm³/mol. The molecule has 0 atom stereocenters. The van der Waals surface area contributed by atoms with E-state index in [9.17, 15) is 9.18 Å². The second-order valence-corrected chi connectivity index (χ2v) is 7.33. The van der Waals surface area contributed by atoms with E-state index in [0.717, 1.165) is 43.0 Å². The summed E-state index contributed by atoms with van der Waals surface area (Å²) in [6, 6.07) is 11.4. The fourth-order valence-corrected chi connectivity index (χ4v) is 3.65. The number of aromatic nitrogens is 2. The van der Waals surface area contributed by atoms with Crippen molar-refractivity contribution in [2.75, 3.05) is 18.0 Å². The molecule has 3 aromatic rings. The lowest BCUT2D eigenvalue weighted by Crippen LogP contribution is -2.23. The van der Waals surface area contributed by atoms with E-state index < -0.39 is 5.82 Å². The lowest BCUT2D eigenvalue weighted by molar-refractivity contribution is 0.0951. The number of benzene rings is 2. The quantitative estimate of drug-likeness (QED) is 0.674. The molecule has 0 saturated carbocycles. The van der Waals surface area contributed by atoms with Crippen LogP contribution in [-0.4, -0.2) is 29.0 Å². The van der Waals surface area contributed by atoms with Crippen LogP contribution in [0.5, 0.6) is 0 Å². The smallest absolute Gasteiger partial charge is 0.251 e. The second kappa shape index (κ2) is 8.57. The van der Waals surface area contributed by atoms with Crippen LogP contribution >= 0.6 is 11.6 Å². The Morgan fingerprint density at radius 2 is 1.79 bits per heavy atom. The Balaban J connectivity index is 1.47. The first-order chi connectivity index (χ1) is 14.1. The summed E-state index contributed by atoms with van der Waals surface area (Å²) in [6.45, 7) is 2.19. The first-order valence-corrected chi connectivity index (χ1v) is 9.88. The molecule has 7 heteroatoms. The lowest BCUT2D eigenvalue weighted by atomic mass is 10.1. The van der Waals surface area contributed by atoms with Gasteiger partial charge >= 0.3 is 0 Å². The molecule has 0 bridgehead atoms. The Hall–Kier alpha value is -2.99. The number of halogens is 2. The molecule has 1 aliphatic rings. The maximum atomic E-state index is 13.1. The van der Waals surface area contributed by atoms with E-state index in [1.165, 1.54) is 12.1 Å². The van der Waals surface area contributed by atoms with E-state index in [0.29, 0.717) is 11.1 Å². The molecule has 0 spiro atoms. The Morgan fingerprint density at radius 1 is 1.07 bits per heavy atom. The van der Waals surface area contributed by atoms with Crippen molar-refractivity contribution in [2.45, 2.75) is 19.4 Å². The fourth-order valence-electron chi connectivity index (χ4n) is 3.42. The number of anilines is 1. The number of carbonyl (C=O) groups excluding carboxylic acids is 1. The summed E-state index contributed by atoms with van der Waals surface area (Å²) in [5.74, 6) is 0.252. The van der Waals surface area contributed by atoms with Gasteiger partial charge in [-0.2, -0.15) is 0 Å². The van der Waals surface area contributed by atoms with Crippen LogP contribution in [0.1, 0.15) is 28.8 Å². The monoisotopic (exact) mass is 410 g/mol. The van der Waals surface area contributed by atoms with Crippen molar-refractivity contribution < 1.29 is 9.18 Å². The van der Waals surface area contributed by atoms with Crippen molar-refractivity contribution in [1.29, 1.82) is 0 Å². The number of nitrogens with zero attached hydrogens (tertiary/aromatic N) is 3. The van der Waals surface area contributed by atoms with Crippen molar-refractivity contribution in [3.63, 3.8) is 0 Å². The fraction of sp³-hybridized carbons (Fsp3) is 0.227. The summed E-state index contributed by atoms with van der Waals surface area (Å²) in [4.78, 5) is 23.7. The molecule has 5 nitrogen and oxygen atoms in total. The Labute approximate surface area is 173 Å². The zero-order chi connectivity index (χ0) is 20.2. The number of amides is 1.